The molecule has 0 radical (unpaired) electrons. The number of Topliss-reactive ketones (excluding diaryl/α,β-unsaturated/α-hetero) is 1. The molecule has 106 valence electrons. The summed E-state index contributed by atoms with van der Waals surface area (Å²) in [6.07, 6.45) is 0.995. The Balaban J connectivity index is 3.70. The zero-order valence-corrected chi connectivity index (χ0v) is 11.3. The first-order valence-electron chi connectivity index (χ1n) is 6.59. The van der Waals surface area contributed by atoms with Gasteiger partial charge in [-0.2, -0.15) is 0 Å². The first-order valence-corrected chi connectivity index (χ1v) is 6.59. The van der Waals surface area contributed by atoms with E-state index in [1.807, 2.05) is 6.92 Å². The largest absolute Gasteiger partial charge is 0.390 e. The summed E-state index contributed by atoms with van der Waals surface area (Å²) in [7, 11) is 0. The van der Waals surface area contributed by atoms with Gasteiger partial charge >= 0.3 is 0 Å². The number of carbonyl (C=O) groups is 2. The molecule has 0 aromatic heterocycles. The van der Waals surface area contributed by atoms with E-state index in [1.165, 1.54) is 6.92 Å². The van der Waals surface area contributed by atoms with Crippen LogP contribution < -0.4 is 5.32 Å². The topological polar surface area (TPSA) is 86.6 Å². The Morgan fingerprint density at radius 1 is 1.11 bits per heavy atom. The molecule has 0 aromatic rings. The summed E-state index contributed by atoms with van der Waals surface area (Å²) in [6.45, 7) is 4.14. The van der Waals surface area contributed by atoms with Crippen molar-refractivity contribution in [1.82, 2.24) is 5.32 Å². The number of aliphatic hydroxyl groups is 2. The van der Waals surface area contributed by atoms with Gasteiger partial charge in [0.2, 0.25) is 5.91 Å². The van der Waals surface area contributed by atoms with Crippen molar-refractivity contribution >= 4 is 11.7 Å². The van der Waals surface area contributed by atoms with Crippen LogP contribution in [0.1, 0.15) is 52.4 Å². The van der Waals surface area contributed by atoms with Crippen molar-refractivity contribution in [3.8, 4) is 0 Å². The van der Waals surface area contributed by atoms with Gasteiger partial charge < -0.3 is 20.3 Å². The number of hydrogen-bond donors (Lipinski definition) is 3. The normalized spacial score (nSPS) is 14.0. The highest BCUT2D eigenvalue weighted by molar-refractivity contribution is 5.76. The first kappa shape index (κ1) is 17.1. The molecule has 0 heterocycles. The molecular formula is C13H25NO4. The van der Waals surface area contributed by atoms with E-state index in [9.17, 15) is 19.8 Å². The Morgan fingerprint density at radius 3 is 2.17 bits per heavy atom. The fourth-order valence-electron chi connectivity index (χ4n) is 1.51. The molecular weight excluding hydrogens is 234 g/mol. The van der Waals surface area contributed by atoms with Crippen molar-refractivity contribution in [2.45, 2.75) is 64.6 Å². The van der Waals surface area contributed by atoms with Gasteiger partial charge in [0.05, 0.1) is 12.2 Å². The molecule has 0 saturated carbocycles. The molecule has 0 spiro atoms. The lowest BCUT2D eigenvalue weighted by molar-refractivity contribution is -0.122. The second-order valence-corrected chi connectivity index (χ2v) is 4.62. The van der Waals surface area contributed by atoms with Gasteiger partial charge in [-0.15, -0.1) is 0 Å². The maximum absolute atomic E-state index is 11.4. The fraction of sp³-hybridized carbons (Fsp3) is 0.846. The number of unbranched alkanes of at least 4 members (excludes halogenated alkanes) is 1. The van der Waals surface area contributed by atoms with E-state index in [2.05, 4.69) is 5.32 Å². The average molecular weight is 259 g/mol. The highest BCUT2D eigenvalue weighted by Crippen LogP contribution is 2.08. The van der Waals surface area contributed by atoms with Gasteiger partial charge in [0.1, 0.15) is 5.78 Å². The number of amides is 1. The molecule has 1 amide bonds. The van der Waals surface area contributed by atoms with Crippen molar-refractivity contribution in [1.29, 1.82) is 0 Å². The number of ketones is 1. The summed E-state index contributed by atoms with van der Waals surface area (Å²) in [5, 5.41) is 21.9. The molecule has 0 aromatic carbocycles. The number of aliphatic hydroxyl groups excluding tert-OH is 2. The molecule has 0 saturated heterocycles. The molecule has 2 unspecified atom stereocenters. The maximum atomic E-state index is 11.4. The third-order valence-electron chi connectivity index (χ3n) is 2.76. The van der Waals surface area contributed by atoms with Crippen LogP contribution in [0.25, 0.3) is 0 Å². The lowest BCUT2D eigenvalue weighted by Gasteiger charge is -2.16. The molecule has 5 heteroatoms. The Morgan fingerprint density at radius 2 is 1.67 bits per heavy atom. The van der Waals surface area contributed by atoms with Crippen LogP contribution >= 0.6 is 0 Å². The summed E-state index contributed by atoms with van der Waals surface area (Å²) in [5.74, 6) is -0.125. The van der Waals surface area contributed by atoms with E-state index >= 15 is 0 Å². The molecule has 0 bridgehead atoms. The number of rotatable bonds is 10. The van der Waals surface area contributed by atoms with Crippen LogP contribution in [0, 0.1) is 0 Å². The predicted octanol–water partition coefficient (Wildman–Crippen LogP) is 0.774. The number of carbonyl (C=O) groups excluding carboxylic acids is 2. The van der Waals surface area contributed by atoms with Crippen molar-refractivity contribution in [2.24, 2.45) is 0 Å². The highest BCUT2D eigenvalue weighted by atomic mass is 16.3. The van der Waals surface area contributed by atoms with Gasteiger partial charge in [0.25, 0.3) is 0 Å². The van der Waals surface area contributed by atoms with E-state index in [4.69, 9.17) is 0 Å². The standard InChI is InChI=1S/C13H25NO4/c1-3-4-9-14-13(18)8-7-12(17)11(16)6-5-10(2)15/h11-12,16-17H,3-9H2,1-2H3,(H,14,18). The minimum absolute atomic E-state index is 0.0152. The summed E-state index contributed by atoms with van der Waals surface area (Å²) in [6, 6.07) is 0. The molecule has 0 aliphatic carbocycles. The van der Waals surface area contributed by atoms with E-state index in [0.717, 1.165) is 12.8 Å². The monoisotopic (exact) mass is 259 g/mol. The Kier molecular flexibility index (Phi) is 9.50. The molecule has 0 fully saturated rings. The lowest BCUT2D eigenvalue weighted by atomic mass is 10.0. The van der Waals surface area contributed by atoms with Crippen LogP contribution in [0.5, 0.6) is 0 Å². The highest BCUT2D eigenvalue weighted by Gasteiger charge is 2.17. The number of nitrogens with one attached hydrogen (secondary N) is 1. The zero-order chi connectivity index (χ0) is 14.0. The van der Waals surface area contributed by atoms with Crippen LogP contribution in [-0.2, 0) is 9.59 Å². The summed E-state index contributed by atoms with van der Waals surface area (Å²) < 4.78 is 0. The van der Waals surface area contributed by atoms with Crippen LogP contribution in [0.3, 0.4) is 0 Å². The maximum Gasteiger partial charge on any atom is 0.220 e. The van der Waals surface area contributed by atoms with Gasteiger partial charge in [0, 0.05) is 19.4 Å². The van der Waals surface area contributed by atoms with Gasteiger partial charge in [-0.25, -0.2) is 0 Å². The number of hydrogen-bond acceptors (Lipinski definition) is 4. The first-order chi connectivity index (χ1) is 8.47. The molecule has 3 N–H and O–H groups in total. The Bertz CT molecular complexity index is 255. The van der Waals surface area contributed by atoms with Crippen LogP contribution in [0.15, 0.2) is 0 Å². The third kappa shape index (κ3) is 9.13. The SMILES string of the molecule is CCCCNC(=O)CCC(O)C(O)CCC(C)=O. The van der Waals surface area contributed by atoms with Crippen LogP contribution in [0.2, 0.25) is 0 Å². The third-order valence-corrected chi connectivity index (χ3v) is 2.76. The van der Waals surface area contributed by atoms with Gasteiger partial charge in [0.15, 0.2) is 0 Å². The zero-order valence-electron chi connectivity index (χ0n) is 11.3. The predicted molar refractivity (Wildman–Crippen MR) is 69.1 cm³/mol. The Hall–Kier alpha value is -0.940. The fourth-order valence-corrected chi connectivity index (χ4v) is 1.51. The van der Waals surface area contributed by atoms with Crippen LogP contribution in [0.4, 0.5) is 0 Å². The molecule has 2 atom stereocenters. The minimum atomic E-state index is -0.943. The molecule has 0 aliphatic rings. The minimum Gasteiger partial charge on any atom is -0.390 e. The second kappa shape index (κ2) is 10.0. The van der Waals surface area contributed by atoms with Crippen molar-refractivity contribution in [2.75, 3.05) is 6.54 Å². The van der Waals surface area contributed by atoms with Gasteiger partial charge in [-0.3, -0.25) is 4.79 Å². The smallest absolute Gasteiger partial charge is 0.220 e. The summed E-state index contributed by atoms with van der Waals surface area (Å²) in [5.41, 5.74) is 0. The van der Waals surface area contributed by atoms with Crippen molar-refractivity contribution < 1.29 is 19.8 Å². The summed E-state index contributed by atoms with van der Waals surface area (Å²) >= 11 is 0. The van der Waals surface area contributed by atoms with Gasteiger partial charge in [-0.05, 0) is 26.2 Å². The molecule has 18 heavy (non-hydrogen) atoms. The average Bonchev–Trinajstić information content (AvgIpc) is 2.33. The van der Waals surface area contributed by atoms with E-state index in [1.54, 1.807) is 0 Å². The Labute approximate surface area is 109 Å². The van der Waals surface area contributed by atoms with E-state index < -0.39 is 12.2 Å². The van der Waals surface area contributed by atoms with Crippen LogP contribution in [-0.4, -0.2) is 40.7 Å². The van der Waals surface area contributed by atoms with Gasteiger partial charge in [-0.1, -0.05) is 13.3 Å². The summed E-state index contributed by atoms with van der Waals surface area (Å²) in [4.78, 5) is 22.1. The quantitative estimate of drug-likeness (QED) is 0.506. The molecule has 0 aliphatic heterocycles. The molecule has 5 nitrogen and oxygen atoms in total. The van der Waals surface area contributed by atoms with Crippen molar-refractivity contribution in [3.05, 3.63) is 0 Å². The lowest BCUT2D eigenvalue weighted by Crippen LogP contribution is -2.30. The van der Waals surface area contributed by atoms with Crippen molar-refractivity contribution in [3.63, 3.8) is 0 Å². The van der Waals surface area contributed by atoms with E-state index in [-0.39, 0.29) is 37.4 Å². The molecule has 0 rings (SSSR count). The second-order valence-electron chi connectivity index (χ2n) is 4.62. The van der Waals surface area contributed by atoms with E-state index in [0.29, 0.717) is 6.54 Å².